The molecule has 0 aliphatic rings. The Morgan fingerprint density at radius 2 is 2.19 bits per heavy atom. The minimum atomic E-state index is -0.253. The summed E-state index contributed by atoms with van der Waals surface area (Å²) in [5, 5.41) is 4.36. The maximum atomic E-state index is 13.1. The van der Waals surface area contributed by atoms with Crippen LogP contribution < -0.4 is 5.73 Å². The van der Waals surface area contributed by atoms with Gasteiger partial charge in [-0.1, -0.05) is 12.1 Å². The molecule has 3 nitrogen and oxygen atoms in total. The molecule has 1 aromatic heterocycles. The summed E-state index contributed by atoms with van der Waals surface area (Å²) in [5.74, 6) is -0.253. The molecule has 2 rings (SSSR count). The van der Waals surface area contributed by atoms with E-state index in [2.05, 4.69) is 5.10 Å². The summed E-state index contributed by atoms with van der Waals surface area (Å²) in [5.41, 5.74) is 9.20. The third-order valence-corrected chi connectivity index (χ3v) is 2.72. The van der Waals surface area contributed by atoms with Crippen LogP contribution in [0.1, 0.15) is 11.3 Å². The van der Waals surface area contributed by atoms with Crippen LogP contribution in [0.3, 0.4) is 0 Å². The maximum Gasteiger partial charge on any atom is 0.123 e. The van der Waals surface area contributed by atoms with Gasteiger partial charge in [-0.25, -0.2) is 4.39 Å². The van der Waals surface area contributed by atoms with E-state index in [0.717, 1.165) is 22.5 Å². The Morgan fingerprint density at radius 3 is 2.75 bits per heavy atom. The van der Waals surface area contributed by atoms with E-state index in [0.29, 0.717) is 6.54 Å². The highest BCUT2D eigenvalue weighted by Crippen LogP contribution is 2.24. The van der Waals surface area contributed by atoms with Gasteiger partial charge in [0.15, 0.2) is 0 Å². The van der Waals surface area contributed by atoms with Crippen LogP contribution >= 0.6 is 0 Å². The highest BCUT2D eigenvalue weighted by molar-refractivity contribution is 5.63. The van der Waals surface area contributed by atoms with Crippen LogP contribution in [0.4, 0.5) is 4.39 Å². The molecule has 0 radical (unpaired) electrons. The second kappa shape index (κ2) is 4.06. The van der Waals surface area contributed by atoms with E-state index in [-0.39, 0.29) is 5.82 Å². The molecule has 0 unspecified atom stereocenters. The molecule has 0 atom stereocenters. The van der Waals surface area contributed by atoms with Crippen LogP contribution in [-0.4, -0.2) is 9.78 Å². The van der Waals surface area contributed by atoms with Crippen LogP contribution in [0.25, 0.3) is 11.3 Å². The lowest BCUT2D eigenvalue weighted by molar-refractivity contribution is 0.628. The first kappa shape index (κ1) is 10.8. The number of nitrogens with two attached hydrogens (primary N) is 1. The van der Waals surface area contributed by atoms with Gasteiger partial charge in [-0.3, -0.25) is 4.68 Å². The Labute approximate surface area is 93.7 Å². The predicted octanol–water partition coefficient (Wildman–Crippen LogP) is 1.99. The van der Waals surface area contributed by atoms with E-state index in [1.165, 1.54) is 12.1 Å². The van der Waals surface area contributed by atoms with Crippen molar-refractivity contribution in [1.82, 2.24) is 9.78 Å². The molecule has 0 spiro atoms. The van der Waals surface area contributed by atoms with Gasteiger partial charge in [0.1, 0.15) is 5.82 Å². The van der Waals surface area contributed by atoms with Crippen molar-refractivity contribution in [2.75, 3.05) is 0 Å². The Morgan fingerprint density at radius 1 is 1.44 bits per heavy atom. The summed E-state index contributed by atoms with van der Waals surface area (Å²) in [6.45, 7) is 2.39. The lowest BCUT2D eigenvalue weighted by atomic mass is 10.1. The summed E-state index contributed by atoms with van der Waals surface area (Å²) >= 11 is 0. The van der Waals surface area contributed by atoms with Crippen LogP contribution in [0, 0.1) is 12.7 Å². The van der Waals surface area contributed by atoms with Crippen LogP contribution in [-0.2, 0) is 13.6 Å². The zero-order valence-corrected chi connectivity index (χ0v) is 9.37. The van der Waals surface area contributed by atoms with Crippen molar-refractivity contribution >= 4 is 0 Å². The van der Waals surface area contributed by atoms with E-state index in [1.54, 1.807) is 10.7 Å². The molecular weight excluding hydrogens is 205 g/mol. The molecule has 2 aromatic rings. The van der Waals surface area contributed by atoms with Gasteiger partial charge >= 0.3 is 0 Å². The molecule has 0 aliphatic heterocycles. The third kappa shape index (κ3) is 1.72. The van der Waals surface area contributed by atoms with Crippen molar-refractivity contribution < 1.29 is 4.39 Å². The molecule has 16 heavy (non-hydrogen) atoms. The van der Waals surface area contributed by atoms with Crippen LogP contribution in [0.15, 0.2) is 24.3 Å². The summed E-state index contributed by atoms with van der Waals surface area (Å²) < 4.78 is 14.9. The highest BCUT2D eigenvalue weighted by Gasteiger charge is 2.12. The zero-order valence-electron chi connectivity index (χ0n) is 9.37. The topological polar surface area (TPSA) is 43.8 Å². The fraction of sp³-hybridized carbons (Fsp3) is 0.250. The number of hydrogen-bond acceptors (Lipinski definition) is 2. The molecule has 0 fully saturated rings. The first-order chi connectivity index (χ1) is 7.63. The van der Waals surface area contributed by atoms with Crippen molar-refractivity contribution in [3.05, 3.63) is 41.3 Å². The number of rotatable bonds is 2. The molecule has 0 aliphatic carbocycles. The standard InChI is InChI=1S/C12H14FN3/c1-8-11(7-14)16(2)15-12(8)9-4-3-5-10(13)6-9/h3-6H,7,14H2,1-2H3. The van der Waals surface area contributed by atoms with Crippen molar-refractivity contribution in [3.63, 3.8) is 0 Å². The molecule has 1 heterocycles. The number of aromatic nitrogens is 2. The molecule has 1 aromatic carbocycles. The Bertz CT molecular complexity index is 517. The highest BCUT2D eigenvalue weighted by atomic mass is 19.1. The fourth-order valence-electron chi connectivity index (χ4n) is 1.86. The SMILES string of the molecule is Cc1c(-c2cccc(F)c2)nn(C)c1CN. The minimum absolute atomic E-state index is 0.253. The Kier molecular flexibility index (Phi) is 2.75. The summed E-state index contributed by atoms with van der Waals surface area (Å²) in [6, 6.07) is 6.43. The Balaban J connectivity index is 2.56. The molecule has 0 bridgehead atoms. The Hall–Kier alpha value is -1.68. The van der Waals surface area contributed by atoms with Gasteiger partial charge in [0.25, 0.3) is 0 Å². The number of aryl methyl sites for hydroxylation is 1. The van der Waals surface area contributed by atoms with Crippen LogP contribution in [0.2, 0.25) is 0 Å². The van der Waals surface area contributed by atoms with Crippen molar-refractivity contribution in [3.8, 4) is 11.3 Å². The smallest absolute Gasteiger partial charge is 0.123 e. The first-order valence-electron chi connectivity index (χ1n) is 5.12. The van der Waals surface area contributed by atoms with Gasteiger partial charge in [-0.15, -0.1) is 0 Å². The average Bonchev–Trinajstić information content (AvgIpc) is 2.54. The second-order valence-electron chi connectivity index (χ2n) is 3.76. The van der Waals surface area contributed by atoms with E-state index in [9.17, 15) is 4.39 Å². The number of nitrogens with zero attached hydrogens (tertiary/aromatic N) is 2. The first-order valence-corrected chi connectivity index (χ1v) is 5.12. The van der Waals surface area contributed by atoms with Crippen LogP contribution in [0.5, 0.6) is 0 Å². The third-order valence-electron chi connectivity index (χ3n) is 2.72. The number of benzene rings is 1. The van der Waals surface area contributed by atoms with Gasteiger partial charge in [0.2, 0.25) is 0 Å². The quantitative estimate of drug-likeness (QED) is 0.839. The molecular formula is C12H14FN3. The molecule has 84 valence electrons. The van der Waals surface area contributed by atoms with Gasteiger partial charge < -0.3 is 5.73 Å². The van der Waals surface area contributed by atoms with E-state index in [1.807, 2.05) is 20.0 Å². The average molecular weight is 219 g/mol. The van der Waals surface area contributed by atoms with Gasteiger partial charge in [0.05, 0.1) is 11.4 Å². The fourth-order valence-corrected chi connectivity index (χ4v) is 1.86. The van der Waals surface area contributed by atoms with Crippen molar-refractivity contribution in [2.24, 2.45) is 12.8 Å². The molecule has 2 N–H and O–H groups in total. The molecule has 0 amide bonds. The van der Waals surface area contributed by atoms with Crippen molar-refractivity contribution in [1.29, 1.82) is 0 Å². The van der Waals surface area contributed by atoms with Crippen molar-refractivity contribution in [2.45, 2.75) is 13.5 Å². The zero-order chi connectivity index (χ0) is 11.7. The van der Waals surface area contributed by atoms with E-state index in [4.69, 9.17) is 5.73 Å². The van der Waals surface area contributed by atoms with Gasteiger partial charge in [-0.05, 0) is 24.6 Å². The van der Waals surface area contributed by atoms with E-state index >= 15 is 0 Å². The number of halogens is 1. The molecule has 4 heteroatoms. The summed E-state index contributed by atoms with van der Waals surface area (Å²) in [6.07, 6.45) is 0. The summed E-state index contributed by atoms with van der Waals surface area (Å²) in [7, 11) is 1.85. The normalized spacial score (nSPS) is 10.8. The minimum Gasteiger partial charge on any atom is -0.325 e. The largest absolute Gasteiger partial charge is 0.325 e. The van der Waals surface area contributed by atoms with Gasteiger partial charge in [0, 0.05) is 19.2 Å². The second-order valence-corrected chi connectivity index (χ2v) is 3.76. The maximum absolute atomic E-state index is 13.1. The lowest BCUT2D eigenvalue weighted by Gasteiger charge is -1.99. The van der Waals surface area contributed by atoms with E-state index < -0.39 is 0 Å². The van der Waals surface area contributed by atoms with Gasteiger partial charge in [-0.2, -0.15) is 5.10 Å². The monoisotopic (exact) mass is 219 g/mol. The number of hydrogen-bond donors (Lipinski definition) is 1. The predicted molar refractivity (Wildman–Crippen MR) is 61.2 cm³/mol. The summed E-state index contributed by atoms with van der Waals surface area (Å²) in [4.78, 5) is 0. The molecule has 0 saturated carbocycles. The molecule has 0 saturated heterocycles. The lowest BCUT2D eigenvalue weighted by Crippen LogP contribution is -2.05.